The average Bonchev–Trinajstić information content (AvgIpc) is 2.86. The molecule has 2 N–H and O–H groups in total. The highest BCUT2D eigenvalue weighted by Crippen LogP contribution is 2.27. The van der Waals surface area contributed by atoms with E-state index in [1.54, 1.807) is 0 Å². The van der Waals surface area contributed by atoms with Crippen LogP contribution < -0.4 is 5.73 Å². The Labute approximate surface area is 126 Å². The van der Waals surface area contributed by atoms with Crippen molar-refractivity contribution < 1.29 is 4.42 Å². The molecule has 0 aliphatic rings. The van der Waals surface area contributed by atoms with Gasteiger partial charge in [-0.05, 0) is 37.2 Å². The highest BCUT2D eigenvalue weighted by Gasteiger charge is 2.07. The molecule has 1 aromatic carbocycles. The Bertz CT molecular complexity index is 509. The number of halogens is 1. The molecule has 1 aromatic heterocycles. The maximum atomic E-state index is 5.87. The average molecular weight is 340 g/mol. The molecule has 0 spiro atoms. The molecule has 4 heteroatoms. The normalized spacial score (nSPS) is 12.6. The molecule has 1 unspecified atom stereocenters. The van der Waals surface area contributed by atoms with Crippen LogP contribution in [-0.2, 0) is 5.75 Å². The number of thioether (sulfide) groups is 1. The van der Waals surface area contributed by atoms with E-state index in [0.717, 1.165) is 40.3 Å². The Hall–Kier alpha value is -0.710. The van der Waals surface area contributed by atoms with E-state index >= 15 is 0 Å². The maximum Gasteiger partial charge on any atom is 0.134 e. The lowest BCUT2D eigenvalue weighted by molar-refractivity contribution is 0.544. The summed E-state index contributed by atoms with van der Waals surface area (Å²) in [4.78, 5) is 0. The van der Waals surface area contributed by atoms with Crippen molar-refractivity contribution in [3.05, 3.63) is 46.6 Å². The van der Waals surface area contributed by atoms with Gasteiger partial charge >= 0.3 is 0 Å². The van der Waals surface area contributed by atoms with Crippen LogP contribution >= 0.6 is 27.7 Å². The molecule has 1 atom stereocenters. The number of hydrogen-bond donors (Lipinski definition) is 1. The molecule has 2 rings (SSSR count). The Balaban J connectivity index is 1.97. The van der Waals surface area contributed by atoms with Gasteiger partial charge in [0.15, 0.2) is 0 Å². The molecule has 0 amide bonds. The molecule has 0 fully saturated rings. The third-order valence-electron chi connectivity index (χ3n) is 2.87. The van der Waals surface area contributed by atoms with Gasteiger partial charge in [0.25, 0.3) is 0 Å². The second-order valence-electron chi connectivity index (χ2n) is 4.47. The zero-order chi connectivity index (χ0) is 13.7. The Morgan fingerprint density at radius 1 is 1.21 bits per heavy atom. The first kappa shape index (κ1) is 14.7. The third kappa shape index (κ3) is 4.41. The summed E-state index contributed by atoms with van der Waals surface area (Å²) >= 11 is 5.32. The first-order valence-corrected chi connectivity index (χ1v) is 8.19. The number of nitrogens with two attached hydrogens (primary N) is 1. The summed E-state index contributed by atoms with van der Waals surface area (Å²) in [7, 11) is 0. The van der Waals surface area contributed by atoms with E-state index in [1.807, 2.05) is 30.0 Å². The predicted molar refractivity (Wildman–Crippen MR) is 86.3 cm³/mol. The van der Waals surface area contributed by atoms with Crippen LogP contribution in [0.3, 0.4) is 0 Å². The molecule has 19 heavy (non-hydrogen) atoms. The van der Waals surface area contributed by atoms with Crippen LogP contribution in [0.25, 0.3) is 11.3 Å². The summed E-state index contributed by atoms with van der Waals surface area (Å²) in [5.74, 6) is 2.85. The fourth-order valence-corrected chi connectivity index (χ4v) is 2.94. The van der Waals surface area contributed by atoms with Gasteiger partial charge in [-0.25, -0.2) is 0 Å². The van der Waals surface area contributed by atoms with Crippen molar-refractivity contribution >= 4 is 27.7 Å². The van der Waals surface area contributed by atoms with Crippen molar-refractivity contribution in [1.82, 2.24) is 0 Å². The zero-order valence-electron chi connectivity index (χ0n) is 10.9. The Kier molecular flexibility index (Phi) is 5.55. The number of furan rings is 1. The van der Waals surface area contributed by atoms with Crippen molar-refractivity contribution in [3.63, 3.8) is 0 Å². The van der Waals surface area contributed by atoms with Crippen molar-refractivity contribution in [3.8, 4) is 11.3 Å². The van der Waals surface area contributed by atoms with E-state index < -0.39 is 0 Å². The van der Waals surface area contributed by atoms with Gasteiger partial charge in [0.05, 0.1) is 5.75 Å². The second-order valence-corrected chi connectivity index (χ2v) is 6.81. The van der Waals surface area contributed by atoms with Crippen molar-refractivity contribution in [1.29, 1.82) is 0 Å². The fourth-order valence-electron chi connectivity index (χ4n) is 1.77. The van der Waals surface area contributed by atoms with Crippen molar-refractivity contribution in [2.45, 2.75) is 24.3 Å². The molecule has 1 heterocycles. The molecule has 0 saturated carbocycles. The molecule has 0 bridgehead atoms. The predicted octanol–water partition coefficient (Wildman–Crippen LogP) is 4.68. The number of rotatable bonds is 6. The minimum atomic E-state index is 0.575. The van der Waals surface area contributed by atoms with Gasteiger partial charge in [0, 0.05) is 15.3 Å². The third-order valence-corrected chi connectivity index (χ3v) is 4.66. The second kappa shape index (κ2) is 7.17. The summed E-state index contributed by atoms with van der Waals surface area (Å²) in [5.41, 5.74) is 6.66. The van der Waals surface area contributed by atoms with E-state index in [4.69, 9.17) is 10.2 Å². The molecule has 0 radical (unpaired) electrons. The molecule has 0 aliphatic heterocycles. The Morgan fingerprint density at radius 3 is 2.63 bits per heavy atom. The van der Waals surface area contributed by atoms with Crippen LogP contribution in [0.2, 0.25) is 0 Å². The lowest BCUT2D eigenvalue weighted by atomic mass is 10.2. The van der Waals surface area contributed by atoms with Gasteiger partial charge < -0.3 is 10.2 Å². The van der Waals surface area contributed by atoms with Crippen LogP contribution in [0.4, 0.5) is 0 Å². The minimum Gasteiger partial charge on any atom is -0.460 e. The smallest absolute Gasteiger partial charge is 0.134 e. The topological polar surface area (TPSA) is 39.2 Å². The first-order chi connectivity index (χ1) is 9.19. The SMILES string of the molecule is CC(CCN)SCc1ccc(-c2ccc(Br)cc2)o1. The largest absolute Gasteiger partial charge is 0.460 e. The highest BCUT2D eigenvalue weighted by molar-refractivity contribution is 9.10. The molecule has 2 nitrogen and oxygen atoms in total. The van der Waals surface area contributed by atoms with E-state index in [9.17, 15) is 0 Å². The van der Waals surface area contributed by atoms with Gasteiger partial charge in [0.1, 0.15) is 11.5 Å². The first-order valence-electron chi connectivity index (χ1n) is 6.35. The fraction of sp³-hybridized carbons (Fsp3) is 0.333. The van der Waals surface area contributed by atoms with E-state index in [2.05, 4.69) is 41.1 Å². The van der Waals surface area contributed by atoms with Crippen LogP contribution in [-0.4, -0.2) is 11.8 Å². The molecular formula is C15H18BrNOS. The lowest BCUT2D eigenvalue weighted by Crippen LogP contribution is -2.06. The highest BCUT2D eigenvalue weighted by atomic mass is 79.9. The summed E-state index contributed by atoms with van der Waals surface area (Å²) in [5, 5.41) is 0.575. The minimum absolute atomic E-state index is 0.575. The molecule has 102 valence electrons. The van der Waals surface area contributed by atoms with Crippen LogP contribution in [0.15, 0.2) is 45.3 Å². The number of hydrogen-bond acceptors (Lipinski definition) is 3. The molecular weight excluding hydrogens is 322 g/mol. The lowest BCUT2D eigenvalue weighted by Gasteiger charge is -2.07. The van der Waals surface area contributed by atoms with E-state index in [0.29, 0.717) is 5.25 Å². The van der Waals surface area contributed by atoms with Crippen molar-refractivity contribution in [2.24, 2.45) is 5.73 Å². The van der Waals surface area contributed by atoms with E-state index in [-0.39, 0.29) is 0 Å². The quantitative estimate of drug-likeness (QED) is 0.830. The van der Waals surface area contributed by atoms with Crippen LogP contribution in [0.5, 0.6) is 0 Å². The van der Waals surface area contributed by atoms with Gasteiger partial charge in [-0.3, -0.25) is 0 Å². The van der Waals surface area contributed by atoms with E-state index in [1.165, 1.54) is 0 Å². The summed E-state index contributed by atoms with van der Waals surface area (Å²) in [6.45, 7) is 2.95. The summed E-state index contributed by atoms with van der Waals surface area (Å²) in [6, 6.07) is 12.2. The standard InChI is InChI=1S/C15H18BrNOS/c1-11(8-9-17)19-10-14-6-7-15(18-14)12-2-4-13(16)5-3-12/h2-7,11H,8-10,17H2,1H3. The van der Waals surface area contributed by atoms with Gasteiger partial charge in [0.2, 0.25) is 0 Å². The van der Waals surface area contributed by atoms with Gasteiger partial charge in [-0.1, -0.05) is 35.0 Å². The zero-order valence-corrected chi connectivity index (χ0v) is 13.3. The van der Waals surface area contributed by atoms with Crippen LogP contribution in [0.1, 0.15) is 19.1 Å². The van der Waals surface area contributed by atoms with Crippen molar-refractivity contribution in [2.75, 3.05) is 6.54 Å². The van der Waals surface area contributed by atoms with Gasteiger partial charge in [-0.15, -0.1) is 0 Å². The summed E-state index contributed by atoms with van der Waals surface area (Å²) < 4.78 is 6.95. The molecule has 0 aliphatic carbocycles. The Morgan fingerprint density at radius 2 is 1.95 bits per heavy atom. The maximum absolute atomic E-state index is 5.87. The number of benzene rings is 1. The van der Waals surface area contributed by atoms with Crippen LogP contribution in [0, 0.1) is 0 Å². The summed E-state index contributed by atoms with van der Waals surface area (Å²) in [6.07, 6.45) is 1.05. The monoisotopic (exact) mass is 339 g/mol. The molecule has 0 saturated heterocycles. The molecule has 2 aromatic rings. The van der Waals surface area contributed by atoms with Gasteiger partial charge in [-0.2, -0.15) is 11.8 Å².